The number of fused-ring (bicyclic) bond motifs is 1. The molecule has 156 valence electrons. The van der Waals surface area contributed by atoms with Crippen LogP contribution in [-0.4, -0.2) is 17.9 Å². The zero-order chi connectivity index (χ0) is 21.3. The lowest BCUT2D eigenvalue weighted by Gasteiger charge is -2.34. The molecule has 2 aliphatic rings. The molecule has 2 aromatic rings. The molecule has 2 aromatic carbocycles. The van der Waals surface area contributed by atoms with Crippen LogP contribution < -0.4 is 10.6 Å². The van der Waals surface area contributed by atoms with Gasteiger partial charge in [-0.15, -0.1) is 0 Å². The van der Waals surface area contributed by atoms with E-state index >= 15 is 0 Å². The quantitative estimate of drug-likeness (QED) is 0.643. The van der Waals surface area contributed by atoms with Crippen LogP contribution in [0.2, 0.25) is 0 Å². The summed E-state index contributed by atoms with van der Waals surface area (Å²) < 4.78 is 13.9. The second-order valence-corrected chi connectivity index (χ2v) is 9.23. The smallest absolute Gasteiger partial charge is 0.262 e. The Kier molecular flexibility index (Phi) is 5.95. The number of nitrogens with one attached hydrogen (secondary N) is 2. The maximum absolute atomic E-state index is 13.9. The van der Waals surface area contributed by atoms with Crippen LogP contribution in [0.3, 0.4) is 0 Å². The highest BCUT2D eigenvalue weighted by Gasteiger charge is 2.29. The lowest BCUT2D eigenvalue weighted by atomic mass is 9.78. The molecule has 4 rings (SSSR count). The Hall–Kier alpha value is -2.60. The summed E-state index contributed by atoms with van der Waals surface area (Å²) in [5, 5.41) is 6.00. The Balaban J connectivity index is 1.51. The van der Waals surface area contributed by atoms with Crippen LogP contribution in [0.15, 0.2) is 52.3 Å². The minimum absolute atomic E-state index is 0.115. The van der Waals surface area contributed by atoms with Crippen molar-refractivity contribution in [2.24, 2.45) is 11.8 Å². The SMILES string of the molecule is C[C@@H]1[C@H](C)CCC[C@@H]1NC(=O)c1ccc2c(c1)NC(=O)/C(=C\c1ccccc1F)S2. The number of carbonyl (C=O) groups is 2. The molecule has 2 N–H and O–H groups in total. The summed E-state index contributed by atoms with van der Waals surface area (Å²) in [6.07, 6.45) is 4.88. The first-order valence-corrected chi connectivity index (χ1v) is 11.1. The van der Waals surface area contributed by atoms with E-state index in [1.54, 1.807) is 36.4 Å². The number of amides is 2. The van der Waals surface area contributed by atoms with Gasteiger partial charge in [-0.1, -0.05) is 56.7 Å². The molecule has 0 radical (unpaired) electrons. The van der Waals surface area contributed by atoms with Crippen molar-refractivity contribution in [2.45, 2.75) is 44.0 Å². The fourth-order valence-corrected chi connectivity index (χ4v) is 4.99. The van der Waals surface area contributed by atoms with Gasteiger partial charge in [0.05, 0.1) is 10.6 Å². The highest BCUT2D eigenvalue weighted by atomic mass is 32.2. The van der Waals surface area contributed by atoms with Gasteiger partial charge in [-0.2, -0.15) is 0 Å². The second-order valence-electron chi connectivity index (χ2n) is 8.14. The van der Waals surface area contributed by atoms with E-state index in [-0.39, 0.29) is 23.7 Å². The third-order valence-electron chi connectivity index (χ3n) is 6.15. The third-order valence-corrected chi connectivity index (χ3v) is 7.25. The average Bonchev–Trinajstić information content (AvgIpc) is 2.73. The molecule has 0 aromatic heterocycles. The van der Waals surface area contributed by atoms with Gasteiger partial charge < -0.3 is 10.6 Å². The standard InChI is InChI=1S/C24H25FN2O2S/c1-14-6-5-9-19(15(14)2)26-23(28)17-10-11-21-20(12-17)27-24(29)22(30-21)13-16-7-3-4-8-18(16)25/h3-4,7-8,10-15,19H,5-6,9H2,1-2H3,(H,26,28)(H,27,29)/b22-13+/t14-,15-,19+/m1/s1. The molecule has 0 bridgehead atoms. The molecule has 1 aliphatic heterocycles. The highest BCUT2D eigenvalue weighted by molar-refractivity contribution is 8.04. The van der Waals surface area contributed by atoms with Gasteiger partial charge in [0.25, 0.3) is 11.8 Å². The van der Waals surface area contributed by atoms with Crippen LogP contribution in [0.5, 0.6) is 0 Å². The summed E-state index contributed by atoms with van der Waals surface area (Å²) in [4.78, 5) is 26.6. The van der Waals surface area contributed by atoms with E-state index in [4.69, 9.17) is 0 Å². The summed E-state index contributed by atoms with van der Waals surface area (Å²) in [7, 11) is 0. The lowest BCUT2D eigenvalue weighted by molar-refractivity contribution is -0.112. The maximum Gasteiger partial charge on any atom is 0.262 e. The van der Waals surface area contributed by atoms with Crippen molar-refractivity contribution >= 4 is 35.3 Å². The van der Waals surface area contributed by atoms with Crippen LogP contribution in [0.4, 0.5) is 10.1 Å². The molecule has 3 atom stereocenters. The van der Waals surface area contributed by atoms with E-state index in [2.05, 4.69) is 24.5 Å². The van der Waals surface area contributed by atoms with Crippen LogP contribution in [0, 0.1) is 17.7 Å². The molecular weight excluding hydrogens is 399 g/mol. The van der Waals surface area contributed by atoms with E-state index in [0.29, 0.717) is 33.6 Å². The summed E-state index contributed by atoms with van der Waals surface area (Å²) in [6.45, 7) is 4.43. The van der Waals surface area contributed by atoms with E-state index in [1.807, 2.05) is 6.07 Å². The van der Waals surface area contributed by atoms with Crippen LogP contribution >= 0.6 is 11.8 Å². The van der Waals surface area contributed by atoms with Gasteiger partial charge in [-0.25, -0.2) is 4.39 Å². The first kappa shape index (κ1) is 20.7. The van der Waals surface area contributed by atoms with E-state index < -0.39 is 0 Å². The van der Waals surface area contributed by atoms with Gasteiger partial charge in [0.15, 0.2) is 0 Å². The van der Waals surface area contributed by atoms with Gasteiger partial charge in [0, 0.05) is 22.1 Å². The van der Waals surface area contributed by atoms with Crippen LogP contribution in [0.25, 0.3) is 6.08 Å². The first-order chi connectivity index (χ1) is 14.4. The zero-order valence-electron chi connectivity index (χ0n) is 17.1. The normalized spacial score (nSPS) is 24.8. The Morgan fingerprint density at radius 3 is 2.80 bits per heavy atom. The number of rotatable bonds is 3. The highest BCUT2D eigenvalue weighted by Crippen LogP contribution is 2.39. The van der Waals surface area contributed by atoms with Crippen molar-refractivity contribution in [1.29, 1.82) is 0 Å². The van der Waals surface area contributed by atoms with Crippen molar-refractivity contribution in [3.05, 3.63) is 64.3 Å². The monoisotopic (exact) mass is 424 g/mol. The number of anilines is 1. The minimum Gasteiger partial charge on any atom is -0.349 e. The summed E-state index contributed by atoms with van der Waals surface area (Å²) in [6, 6.07) is 11.8. The fraction of sp³-hybridized carbons (Fsp3) is 0.333. The third kappa shape index (κ3) is 4.29. The van der Waals surface area contributed by atoms with Crippen LogP contribution in [0.1, 0.15) is 49.0 Å². The van der Waals surface area contributed by atoms with Gasteiger partial charge in [0.1, 0.15) is 5.82 Å². The van der Waals surface area contributed by atoms with Gasteiger partial charge >= 0.3 is 0 Å². The van der Waals surface area contributed by atoms with Gasteiger partial charge in [-0.3, -0.25) is 9.59 Å². The molecule has 1 heterocycles. The number of hydrogen-bond acceptors (Lipinski definition) is 3. The molecule has 30 heavy (non-hydrogen) atoms. The molecule has 0 spiro atoms. The molecule has 0 unspecified atom stereocenters. The Morgan fingerprint density at radius 2 is 2.00 bits per heavy atom. The Bertz CT molecular complexity index is 1020. The Morgan fingerprint density at radius 1 is 1.20 bits per heavy atom. The largest absolute Gasteiger partial charge is 0.349 e. The number of halogens is 1. The molecule has 1 aliphatic carbocycles. The van der Waals surface area contributed by atoms with E-state index in [0.717, 1.165) is 17.7 Å². The average molecular weight is 425 g/mol. The first-order valence-electron chi connectivity index (χ1n) is 10.3. The molecule has 1 fully saturated rings. The summed E-state index contributed by atoms with van der Waals surface area (Å²) in [5.74, 6) is 0.255. The van der Waals surface area contributed by atoms with Crippen molar-refractivity contribution in [3.8, 4) is 0 Å². The summed E-state index contributed by atoms with van der Waals surface area (Å²) in [5.41, 5.74) is 1.50. The second kappa shape index (κ2) is 8.64. The molecular formula is C24H25FN2O2S. The number of benzene rings is 2. The predicted molar refractivity (Wildman–Crippen MR) is 119 cm³/mol. The Labute approximate surface area is 180 Å². The topological polar surface area (TPSA) is 58.2 Å². The fourth-order valence-electron chi connectivity index (χ4n) is 4.07. The molecule has 2 amide bonds. The lowest BCUT2D eigenvalue weighted by Crippen LogP contribution is -2.43. The van der Waals surface area contributed by atoms with Gasteiger partial charge in [-0.05, 0) is 48.6 Å². The molecule has 1 saturated carbocycles. The summed E-state index contributed by atoms with van der Waals surface area (Å²) >= 11 is 1.28. The van der Waals surface area contributed by atoms with Crippen molar-refractivity contribution in [3.63, 3.8) is 0 Å². The van der Waals surface area contributed by atoms with E-state index in [9.17, 15) is 14.0 Å². The molecule has 0 saturated heterocycles. The van der Waals surface area contributed by atoms with Crippen molar-refractivity contribution in [2.75, 3.05) is 5.32 Å². The number of hydrogen-bond donors (Lipinski definition) is 2. The number of thioether (sulfide) groups is 1. The predicted octanol–water partition coefficient (Wildman–Crippen LogP) is 5.47. The minimum atomic E-state index is -0.373. The molecule has 6 heteroatoms. The number of carbonyl (C=O) groups excluding carboxylic acids is 2. The maximum atomic E-state index is 13.9. The van der Waals surface area contributed by atoms with Crippen molar-refractivity contribution in [1.82, 2.24) is 5.32 Å². The van der Waals surface area contributed by atoms with Crippen LogP contribution in [-0.2, 0) is 4.79 Å². The van der Waals surface area contributed by atoms with E-state index in [1.165, 1.54) is 24.2 Å². The zero-order valence-corrected chi connectivity index (χ0v) is 17.9. The van der Waals surface area contributed by atoms with Gasteiger partial charge in [0.2, 0.25) is 0 Å². The molecule has 4 nitrogen and oxygen atoms in total. The van der Waals surface area contributed by atoms with Crippen molar-refractivity contribution < 1.29 is 14.0 Å².